The zero-order valence-corrected chi connectivity index (χ0v) is 16.8. The van der Waals surface area contributed by atoms with E-state index in [1.54, 1.807) is 0 Å². The summed E-state index contributed by atoms with van der Waals surface area (Å²) in [7, 11) is 1.85. The number of ether oxygens (including phenoxy) is 1. The third kappa shape index (κ3) is 5.10. The Kier molecular flexibility index (Phi) is 6.91. The van der Waals surface area contributed by atoms with Crippen LogP contribution in [0.3, 0.4) is 0 Å². The van der Waals surface area contributed by atoms with Crippen LogP contribution in [0, 0.1) is 5.41 Å². The first kappa shape index (κ1) is 21.0. The molecule has 1 saturated heterocycles. The number of aliphatic carboxylic acids is 1. The van der Waals surface area contributed by atoms with Crippen LogP contribution in [0.4, 0.5) is 4.79 Å². The molecule has 1 aliphatic heterocycles. The fourth-order valence-electron chi connectivity index (χ4n) is 4.00. The molecule has 2 aliphatic rings. The van der Waals surface area contributed by atoms with Gasteiger partial charge < -0.3 is 20.1 Å². The number of carbonyl (C=O) groups is 2. The van der Waals surface area contributed by atoms with Crippen molar-refractivity contribution in [2.45, 2.75) is 77.7 Å². The highest BCUT2D eigenvalue weighted by molar-refractivity contribution is 5.75. The quantitative estimate of drug-likeness (QED) is 0.750. The Morgan fingerprint density at radius 3 is 2.58 bits per heavy atom. The van der Waals surface area contributed by atoms with Crippen LogP contribution >= 0.6 is 0 Å². The number of urea groups is 1. The molecule has 0 spiro atoms. The monoisotopic (exact) mass is 369 g/mol. The van der Waals surface area contributed by atoms with Gasteiger partial charge in [-0.25, -0.2) is 4.79 Å². The summed E-state index contributed by atoms with van der Waals surface area (Å²) >= 11 is 0. The van der Waals surface area contributed by atoms with Gasteiger partial charge in [0.25, 0.3) is 0 Å². The van der Waals surface area contributed by atoms with Crippen molar-refractivity contribution in [1.82, 2.24) is 15.1 Å². The van der Waals surface area contributed by atoms with Crippen LogP contribution in [0.25, 0.3) is 0 Å². The molecule has 2 fully saturated rings. The summed E-state index contributed by atoms with van der Waals surface area (Å²) in [4.78, 5) is 27.3. The van der Waals surface area contributed by atoms with Gasteiger partial charge in [0.1, 0.15) is 0 Å². The van der Waals surface area contributed by atoms with Crippen LogP contribution in [-0.2, 0) is 9.53 Å². The van der Waals surface area contributed by atoms with Gasteiger partial charge in [-0.2, -0.15) is 0 Å². The minimum Gasteiger partial charge on any atom is -0.480 e. The van der Waals surface area contributed by atoms with Crippen molar-refractivity contribution in [2.75, 3.05) is 26.7 Å². The summed E-state index contributed by atoms with van der Waals surface area (Å²) in [5.74, 6) is -0.809. The maximum atomic E-state index is 12.7. The fraction of sp³-hybridized carbons (Fsp3) is 0.895. The largest absolute Gasteiger partial charge is 0.480 e. The lowest BCUT2D eigenvalue weighted by molar-refractivity contribution is -0.138. The number of hydrogen-bond donors (Lipinski definition) is 2. The van der Waals surface area contributed by atoms with E-state index in [1.165, 1.54) is 0 Å². The third-order valence-electron chi connectivity index (χ3n) is 5.90. The van der Waals surface area contributed by atoms with Crippen LogP contribution in [0.15, 0.2) is 0 Å². The van der Waals surface area contributed by atoms with Crippen molar-refractivity contribution in [3.05, 3.63) is 0 Å². The topological polar surface area (TPSA) is 82.1 Å². The molecule has 0 bridgehead atoms. The van der Waals surface area contributed by atoms with Gasteiger partial charge in [0.05, 0.1) is 18.8 Å². The highest BCUT2D eigenvalue weighted by atomic mass is 16.5. The Labute approximate surface area is 157 Å². The number of likely N-dealkylation sites (N-methyl/N-ethyl adjacent to an activating group) is 1. The number of likely N-dealkylation sites (tertiary alicyclic amines) is 1. The summed E-state index contributed by atoms with van der Waals surface area (Å²) in [6.45, 7) is 9.81. The number of carboxylic acid groups (broad SMARTS) is 1. The molecule has 1 aliphatic carbocycles. The number of nitrogens with one attached hydrogen (secondary N) is 1. The van der Waals surface area contributed by atoms with E-state index in [0.29, 0.717) is 6.54 Å². The SMILES string of the molecule is CC(C)OC1CC(NC(=O)N2CCCC(N(C)CC(=O)O)CC2)C1(C)C. The second-order valence-corrected chi connectivity index (χ2v) is 8.61. The average Bonchev–Trinajstić information content (AvgIpc) is 2.79. The molecule has 0 aromatic rings. The Hall–Kier alpha value is -1.34. The van der Waals surface area contributed by atoms with E-state index in [4.69, 9.17) is 9.84 Å². The maximum absolute atomic E-state index is 12.7. The van der Waals surface area contributed by atoms with E-state index >= 15 is 0 Å². The summed E-state index contributed by atoms with van der Waals surface area (Å²) in [6.07, 6.45) is 3.87. The first-order valence-electron chi connectivity index (χ1n) is 9.74. The number of amides is 2. The van der Waals surface area contributed by atoms with Crippen molar-refractivity contribution < 1.29 is 19.4 Å². The molecular weight excluding hydrogens is 334 g/mol. The van der Waals surface area contributed by atoms with Crippen LogP contribution in [0.1, 0.15) is 53.4 Å². The Bertz CT molecular complexity index is 509. The zero-order chi connectivity index (χ0) is 19.5. The van der Waals surface area contributed by atoms with Crippen LogP contribution < -0.4 is 5.32 Å². The molecule has 1 saturated carbocycles. The minimum atomic E-state index is -0.809. The molecule has 2 rings (SSSR count). The van der Waals surface area contributed by atoms with E-state index in [9.17, 15) is 9.59 Å². The molecular formula is C19H35N3O4. The summed E-state index contributed by atoms with van der Waals surface area (Å²) in [6, 6.07) is 0.341. The van der Waals surface area contributed by atoms with E-state index in [0.717, 1.165) is 32.2 Å². The van der Waals surface area contributed by atoms with Gasteiger partial charge in [-0.1, -0.05) is 13.8 Å². The predicted molar refractivity (Wildman–Crippen MR) is 100 cm³/mol. The molecule has 2 amide bonds. The molecule has 150 valence electrons. The van der Waals surface area contributed by atoms with Gasteiger partial charge in [-0.05, 0) is 46.6 Å². The molecule has 26 heavy (non-hydrogen) atoms. The molecule has 7 heteroatoms. The number of carboxylic acids is 1. The zero-order valence-electron chi connectivity index (χ0n) is 16.8. The number of nitrogens with zero attached hydrogens (tertiary/aromatic N) is 2. The third-order valence-corrected chi connectivity index (χ3v) is 5.90. The highest BCUT2D eigenvalue weighted by Gasteiger charge is 2.50. The van der Waals surface area contributed by atoms with Gasteiger partial charge in [0.15, 0.2) is 0 Å². The molecule has 0 aromatic heterocycles. The van der Waals surface area contributed by atoms with E-state index in [1.807, 2.05) is 30.7 Å². The smallest absolute Gasteiger partial charge is 0.317 e. The summed E-state index contributed by atoms with van der Waals surface area (Å²) in [5.41, 5.74) is -0.0595. The van der Waals surface area contributed by atoms with Crippen LogP contribution in [0.2, 0.25) is 0 Å². The van der Waals surface area contributed by atoms with Crippen molar-refractivity contribution >= 4 is 12.0 Å². The predicted octanol–water partition coefficient (Wildman–Crippen LogP) is 2.16. The standard InChI is InChI=1S/C19H35N3O4/c1-13(2)26-16-11-15(19(16,3)4)20-18(25)22-9-6-7-14(8-10-22)21(5)12-17(23)24/h13-16H,6-12H2,1-5H3,(H,20,25)(H,23,24). The van der Waals surface area contributed by atoms with Crippen LogP contribution in [-0.4, -0.2) is 77.9 Å². The molecule has 1 heterocycles. The van der Waals surface area contributed by atoms with Gasteiger partial charge in [0, 0.05) is 30.6 Å². The average molecular weight is 370 g/mol. The number of rotatable bonds is 6. The van der Waals surface area contributed by atoms with Crippen molar-refractivity contribution in [3.8, 4) is 0 Å². The van der Waals surface area contributed by atoms with Gasteiger partial charge in [-0.15, -0.1) is 0 Å². The number of hydrogen-bond acceptors (Lipinski definition) is 4. The molecule has 3 atom stereocenters. The Balaban J connectivity index is 1.83. The summed E-state index contributed by atoms with van der Waals surface area (Å²) in [5, 5.41) is 12.1. The fourth-order valence-corrected chi connectivity index (χ4v) is 4.00. The molecule has 7 nitrogen and oxygen atoms in total. The normalized spacial score (nSPS) is 28.6. The lowest BCUT2D eigenvalue weighted by atomic mass is 9.64. The van der Waals surface area contributed by atoms with Gasteiger partial charge in [-0.3, -0.25) is 9.69 Å². The second kappa shape index (κ2) is 8.57. The van der Waals surface area contributed by atoms with Gasteiger partial charge >= 0.3 is 12.0 Å². The van der Waals surface area contributed by atoms with E-state index < -0.39 is 5.97 Å². The summed E-state index contributed by atoms with van der Waals surface area (Å²) < 4.78 is 5.93. The minimum absolute atomic E-state index is 0.00684. The Morgan fingerprint density at radius 2 is 2.00 bits per heavy atom. The van der Waals surface area contributed by atoms with Crippen LogP contribution in [0.5, 0.6) is 0 Å². The molecule has 0 radical (unpaired) electrons. The van der Waals surface area contributed by atoms with E-state index in [-0.39, 0.29) is 42.3 Å². The van der Waals surface area contributed by atoms with Crippen molar-refractivity contribution in [1.29, 1.82) is 0 Å². The molecule has 2 N–H and O–H groups in total. The second-order valence-electron chi connectivity index (χ2n) is 8.61. The van der Waals surface area contributed by atoms with Crippen molar-refractivity contribution in [2.24, 2.45) is 5.41 Å². The lowest BCUT2D eigenvalue weighted by Crippen LogP contribution is -2.64. The van der Waals surface area contributed by atoms with Crippen molar-refractivity contribution in [3.63, 3.8) is 0 Å². The maximum Gasteiger partial charge on any atom is 0.317 e. The lowest BCUT2D eigenvalue weighted by Gasteiger charge is -2.52. The number of carbonyl (C=O) groups excluding carboxylic acids is 1. The van der Waals surface area contributed by atoms with Gasteiger partial charge in [0.2, 0.25) is 0 Å². The first-order valence-corrected chi connectivity index (χ1v) is 9.74. The molecule has 0 aromatic carbocycles. The first-order chi connectivity index (χ1) is 12.1. The molecule has 3 unspecified atom stereocenters. The van der Waals surface area contributed by atoms with E-state index in [2.05, 4.69) is 19.2 Å². The highest BCUT2D eigenvalue weighted by Crippen LogP contribution is 2.43. The Morgan fingerprint density at radius 1 is 1.31 bits per heavy atom.